The van der Waals surface area contributed by atoms with Crippen molar-refractivity contribution in [2.75, 3.05) is 13.7 Å². The Morgan fingerprint density at radius 2 is 2.23 bits per heavy atom. The maximum atomic E-state index is 10.6. The Morgan fingerprint density at radius 1 is 1.69 bits per heavy atom. The van der Waals surface area contributed by atoms with Gasteiger partial charge in [-0.2, -0.15) is 0 Å². The van der Waals surface area contributed by atoms with Crippen molar-refractivity contribution >= 4 is 35.2 Å². The Hall–Kier alpha value is 0.430. The van der Waals surface area contributed by atoms with Gasteiger partial charge in [0.05, 0.1) is 6.61 Å². The van der Waals surface area contributed by atoms with Crippen LogP contribution in [0, 0.1) is 0 Å². The average molecular weight is 241 g/mol. The van der Waals surface area contributed by atoms with Gasteiger partial charge in [-0.05, 0) is 18.7 Å². The summed E-state index contributed by atoms with van der Waals surface area (Å²) in [5.74, 6) is 0. The zero-order chi connectivity index (χ0) is 10.5. The molecule has 0 radical (unpaired) electrons. The molecule has 0 spiro atoms. The van der Waals surface area contributed by atoms with E-state index in [2.05, 4.69) is 0 Å². The Morgan fingerprint density at radius 3 is 2.54 bits per heavy atom. The summed E-state index contributed by atoms with van der Waals surface area (Å²) >= 11 is 6.90. The first-order valence-corrected chi connectivity index (χ1v) is 8.23. The molecule has 1 atom stereocenters. The van der Waals surface area contributed by atoms with Crippen molar-refractivity contribution in [2.24, 2.45) is 0 Å². The van der Waals surface area contributed by atoms with E-state index in [0.717, 1.165) is 6.41 Å². The second kappa shape index (κ2) is 6.02. The molecular weight excluding hydrogens is 225 g/mol. The molecule has 0 heterocycles. The molecule has 78 valence electrons. The highest BCUT2D eigenvalue weighted by Gasteiger charge is 2.24. The molecule has 6 heteroatoms. The number of nitrogens with zero attached hydrogens (tertiary/aromatic N) is 1. The number of carbonyl (C=O) groups is 1. The van der Waals surface area contributed by atoms with Gasteiger partial charge in [-0.1, -0.05) is 25.2 Å². The molecule has 0 aromatic heterocycles. The SMILES string of the molecule is CCOP(=S)(SC(C)C)N(C)C=O. The van der Waals surface area contributed by atoms with Gasteiger partial charge < -0.3 is 4.52 Å². The van der Waals surface area contributed by atoms with Crippen LogP contribution in [-0.2, 0) is 21.1 Å². The Labute approximate surface area is 89.1 Å². The van der Waals surface area contributed by atoms with Crippen molar-refractivity contribution in [3.63, 3.8) is 0 Å². The van der Waals surface area contributed by atoms with E-state index in [1.807, 2.05) is 20.8 Å². The smallest absolute Gasteiger partial charge is 0.215 e. The summed E-state index contributed by atoms with van der Waals surface area (Å²) < 4.78 is 6.96. The topological polar surface area (TPSA) is 29.5 Å². The molecule has 0 aliphatic heterocycles. The van der Waals surface area contributed by atoms with Crippen LogP contribution >= 0.6 is 17.0 Å². The van der Waals surface area contributed by atoms with Crippen LogP contribution in [0.25, 0.3) is 0 Å². The van der Waals surface area contributed by atoms with Gasteiger partial charge in [0, 0.05) is 12.3 Å². The van der Waals surface area contributed by atoms with Crippen molar-refractivity contribution in [3.8, 4) is 0 Å². The van der Waals surface area contributed by atoms with Crippen molar-refractivity contribution in [2.45, 2.75) is 26.0 Å². The van der Waals surface area contributed by atoms with Crippen molar-refractivity contribution in [1.29, 1.82) is 0 Å². The lowest BCUT2D eigenvalue weighted by atomic mass is 10.6. The van der Waals surface area contributed by atoms with Crippen molar-refractivity contribution in [3.05, 3.63) is 0 Å². The molecule has 0 saturated heterocycles. The zero-order valence-corrected chi connectivity index (χ0v) is 10.9. The lowest BCUT2D eigenvalue weighted by Crippen LogP contribution is -2.13. The van der Waals surface area contributed by atoms with Gasteiger partial charge in [0.15, 0.2) is 0 Å². The zero-order valence-electron chi connectivity index (χ0n) is 8.39. The van der Waals surface area contributed by atoms with E-state index in [0.29, 0.717) is 11.9 Å². The minimum absolute atomic E-state index is 0.375. The van der Waals surface area contributed by atoms with Gasteiger partial charge in [-0.3, -0.25) is 9.46 Å². The molecule has 0 bridgehead atoms. The van der Waals surface area contributed by atoms with Crippen LogP contribution in [0.4, 0.5) is 0 Å². The monoisotopic (exact) mass is 241 g/mol. The summed E-state index contributed by atoms with van der Waals surface area (Å²) in [6.07, 6.45) is 0.742. The molecule has 0 saturated carbocycles. The fraction of sp³-hybridized carbons (Fsp3) is 0.857. The molecule has 13 heavy (non-hydrogen) atoms. The highest BCUT2D eigenvalue weighted by molar-refractivity contribution is 8.68. The molecule has 3 nitrogen and oxygen atoms in total. The van der Waals surface area contributed by atoms with E-state index in [1.54, 1.807) is 18.4 Å². The summed E-state index contributed by atoms with van der Waals surface area (Å²) in [7, 11) is 1.68. The molecule has 1 amide bonds. The van der Waals surface area contributed by atoms with Crippen LogP contribution in [0.2, 0.25) is 0 Å². The van der Waals surface area contributed by atoms with Crippen LogP contribution in [0.15, 0.2) is 0 Å². The lowest BCUT2D eigenvalue weighted by molar-refractivity contribution is -0.113. The highest BCUT2D eigenvalue weighted by Crippen LogP contribution is 2.62. The molecule has 1 unspecified atom stereocenters. The van der Waals surface area contributed by atoms with Gasteiger partial charge in [-0.15, -0.1) is 0 Å². The number of hydrogen-bond acceptors (Lipinski definition) is 4. The summed E-state index contributed by atoms with van der Waals surface area (Å²) in [4.78, 5) is 10.6. The van der Waals surface area contributed by atoms with E-state index >= 15 is 0 Å². The van der Waals surface area contributed by atoms with Gasteiger partial charge in [0.2, 0.25) is 12.0 Å². The van der Waals surface area contributed by atoms with E-state index in [4.69, 9.17) is 16.3 Å². The minimum Gasteiger partial charge on any atom is -0.327 e. The second-order valence-corrected chi connectivity index (χ2v) is 9.99. The molecule has 0 aromatic carbocycles. The minimum atomic E-state index is -2.15. The first-order valence-electron chi connectivity index (χ1n) is 4.08. The third-order valence-corrected chi connectivity index (χ3v) is 8.33. The maximum Gasteiger partial charge on any atom is 0.215 e. The quantitative estimate of drug-likeness (QED) is 0.528. The predicted molar refractivity (Wildman–Crippen MR) is 62.5 cm³/mol. The number of hydrogen-bond donors (Lipinski definition) is 0. The van der Waals surface area contributed by atoms with Crippen LogP contribution in [-0.4, -0.2) is 30.0 Å². The number of rotatable bonds is 6. The molecule has 0 aliphatic carbocycles. The third kappa shape index (κ3) is 4.45. The summed E-state index contributed by atoms with van der Waals surface area (Å²) in [5, 5.41) is 0.375. The molecule has 0 aliphatic rings. The van der Waals surface area contributed by atoms with Gasteiger partial charge >= 0.3 is 0 Å². The standard InChI is InChI=1S/C7H16NO2PS2/c1-5-10-11(12,8(4)6-9)13-7(2)3/h6-7H,5H2,1-4H3. The fourth-order valence-corrected chi connectivity index (χ4v) is 6.69. The van der Waals surface area contributed by atoms with Crippen molar-refractivity contribution < 1.29 is 9.32 Å². The normalized spacial score (nSPS) is 15.5. The highest BCUT2D eigenvalue weighted by atomic mass is 32.9. The molecular formula is C7H16NO2PS2. The first kappa shape index (κ1) is 13.4. The number of carbonyl (C=O) groups excluding carboxylic acids is 1. The summed E-state index contributed by atoms with van der Waals surface area (Å²) in [5.41, 5.74) is -2.15. The van der Waals surface area contributed by atoms with E-state index in [1.165, 1.54) is 4.67 Å². The van der Waals surface area contributed by atoms with Gasteiger partial charge in [0.1, 0.15) is 0 Å². The largest absolute Gasteiger partial charge is 0.327 e. The van der Waals surface area contributed by atoms with E-state index in [-0.39, 0.29) is 0 Å². The molecule has 0 aromatic rings. The van der Waals surface area contributed by atoms with Crippen LogP contribution < -0.4 is 0 Å². The van der Waals surface area contributed by atoms with Crippen LogP contribution in [0.1, 0.15) is 20.8 Å². The molecule has 0 fully saturated rings. The van der Waals surface area contributed by atoms with E-state index < -0.39 is 5.62 Å². The third-order valence-electron chi connectivity index (χ3n) is 1.18. The van der Waals surface area contributed by atoms with Gasteiger partial charge in [-0.25, -0.2) is 0 Å². The molecule has 0 N–H and O–H groups in total. The summed E-state index contributed by atoms with van der Waals surface area (Å²) in [6.45, 7) is 6.53. The first-order chi connectivity index (χ1) is 5.96. The molecule has 0 rings (SSSR count). The maximum absolute atomic E-state index is 10.6. The Bertz CT molecular complexity index is 211. The number of amides is 1. The second-order valence-electron chi connectivity index (χ2n) is 2.72. The Kier molecular flexibility index (Phi) is 6.21. The van der Waals surface area contributed by atoms with Gasteiger partial charge in [0.25, 0.3) is 0 Å². The lowest BCUT2D eigenvalue weighted by Gasteiger charge is -2.28. The summed E-state index contributed by atoms with van der Waals surface area (Å²) in [6, 6.07) is 0. The van der Waals surface area contributed by atoms with E-state index in [9.17, 15) is 4.79 Å². The average Bonchev–Trinajstić information content (AvgIpc) is 2.02. The predicted octanol–water partition coefficient (Wildman–Crippen LogP) is 2.48. The van der Waals surface area contributed by atoms with Crippen LogP contribution in [0.5, 0.6) is 0 Å². The fourth-order valence-electron chi connectivity index (χ4n) is 0.683. The van der Waals surface area contributed by atoms with Crippen LogP contribution in [0.3, 0.4) is 0 Å². The Balaban J connectivity index is 4.51. The van der Waals surface area contributed by atoms with Crippen molar-refractivity contribution in [1.82, 2.24) is 4.67 Å².